The summed E-state index contributed by atoms with van der Waals surface area (Å²) in [6, 6.07) is 19.0. The van der Waals surface area contributed by atoms with Crippen LogP contribution in [0.1, 0.15) is 16.7 Å². The first-order valence-electron chi connectivity index (χ1n) is 9.74. The molecular weight excluding hydrogens is 390 g/mol. The van der Waals surface area contributed by atoms with E-state index >= 15 is 0 Å². The zero-order valence-electron chi connectivity index (χ0n) is 17.2. The number of para-hydroxylation sites is 2. The Balaban J connectivity index is 1.92. The highest BCUT2D eigenvalue weighted by Gasteiger charge is 2.19. The number of imidazole rings is 1. The standard InChI is InChI=1S/C24H21N5O2/c1-15-6-5-7-16(2)22(15)28-24-23(27-21-12-17(13-25)10-11-29(21)24)18-8-3-4-9-19(18)31-14-20(26)30/h3-12,28H,14H2,1-2H3,(H2,26,30). The topological polar surface area (TPSA) is 105 Å². The predicted octanol–water partition coefficient (Wildman–Crippen LogP) is 4.10. The Morgan fingerprint density at radius 3 is 2.61 bits per heavy atom. The molecule has 7 heteroatoms. The van der Waals surface area contributed by atoms with E-state index in [9.17, 15) is 10.1 Å². The molecule has 3 N–H and O–H groups in total. The fourth-order valence-corrected chi connectivity index (χ4v) is 3.49. The van der Waals surface area contributed by atoms with Crippen LogP contribution in [0.2, 0.25) is 0 Å². The third kappa shape index (κ3) is 3.91. The van der Waals surface area contributed by atoms with Crippen LogP contribution in [0, 0.1) is 25.2 Å². The molecule has 0 aliphatic heterocycles. The molecule has 0 unspecified atom stereocenters. The van der Waals surface area contributed by atoms with E-state index in [0.29, 0.717) is 28.2 Å². The number of hydrogen-bond acceptors (Lipinski definition) is 5. The molecule has 0 spiro atoms. The number of ether oxygens (including phenoxy) is 1. The number of benzene rings is 2. The summed E-state index contributed by atoms with van der Waals surface area (Å²) in [5.41, 5.74) is 10.9. The molecule has 2 aromatic carbocycles. The molecule has 0 saturated heterocycles. The van der Waals surface area contributed by atoms with Gasteiger partial charge < -0.3 is 15.8 Å². The van der Waals surface area contributed by atoms with Crippen LogP contribution in [0.25, 0.3) is 16.9 Å². The van der Waals surface area contributed by atoms with E-state index in [1.54, 1.807) is 18.2 Å². The van der Waals surface area contributed by atoms with Gasteiger partial charge in [0.05, 0.1) is 11.6 Å². The van der Waals surface area contributed by atoms with Gasteiger partial charge >= 0.3 is 0 Å². The molecule has 2 heterocycles. The molecule has 4 rings (SSSR count). The zero-order chi connectivity index (χ0) is 22.0. The van der Waals surface area contributed by atoms with Gasteiger partial charge in [0.15, 0.2) is 6.61 Å². The van der Waals surface area contributed by atoms with Crippen LogP contribution in [0.5, 0.6) is 5.75 Å². The number of nitrogens with one attached hydrogen (secondary N) is 1. The molecular formula is C24H21N5O2. The number of carbonyl (C=O) groups is 1. The second-order valence-corrected chi connectivity index (χ2v) is 7.21. The highest BCUT2D eigenvalue weighted by molar-refractivity contribution is 5.84. The van der Waals surface area contributed by atoms with E-state index < -0.39 is 5.91 Å². The normalized spacial score (nSPS) is 10.6. The summed E-state index contributed by atoms with van der Waals surface area (Å²) >= 11 is 0. The number of hydrogen-bond donors (Lipinski definition) is 2. The number of anilines is 2. The van der Waals surface area contributed by atoms with Crippen molar-refractivity contribution in [2.45, 2.75) is 13.8 Å². The Kier molecular flexibility index (Phi) is 5.29. The lowest BCUT2D eigenvalue weighted by molar-refractivity contribution is -0.119. The van der Waals surface area contributed by atoms with Gasteiger partial charge in [0.2, 0.25) is 0 Å². The number of fused-ring (bicyclic) bond motifs is 1. The average Bonchev–Trinajstić information content (AvgIpc) is 3.12. The Labute approximate surface area is 179 Å². The molecule has 1 amide bonds. The Morgan fingerprint density at radius 1 is 1.16 bits per heavy atom. The first kappa shape index (κ1) is 20.0. The number of aromatic nitrogens is 2. The van der Waals surface area contributed by atoms with Gasteiger partial charge in [0.1, 0.15) is 22.9 Å². The van der Waals surface area contributed by atoms with E-state index in [-0.39, 0.29) is 6.61 Å². The van der Waals surface area contributed by atoms with Crippen molar-refractivity contribution in [2.24, 2.45) is 5.73 Å². The first-order valence-corrected chi connectivity index (χ1v) is 9.74. The minimum atomic E-state index is -0.558. The fourth-order valence-electron chi connectivity index (χ4n) is 3.49. The number of nitrogens with two attached hydrogens (primary N) is 1. The number of carbonyl (C=O) groups excluding carboxylic acids is 1. The second-order valence-electron chi connectivity index (χ2n) is 7.21. The van der Waals surface area contributed by atoms with Crippen molar-refractivity contribution in [1.82, 2.24) is 9.38 Å². The monoisotopic (exact) mass is 411 g/mol. The maximum atomic E-state index is 11.2. The van der Waals surface area contributed by atoms with Crippen molar-refractivity contribution < 1.29 is 9.53 Å². The number of pyridine rings is 1. The van der Waals surface area contributed by atoms with Crippen LogP contribution < -0.4 is 15.8 Å². The van der Waals surface area contributed by atoms with Gasteiger partial charge in [0, 0.05) is 17.4 Å². The van der Waals surface area contributed by atoms with E-state index in [2.05, 4.69) is 11.4 Å². The summed E-state index contributed by atoms with van der Waals surface area (Å²) in [5.74, 6) is 0.666. The minimum absolute atomic E-state index is 0.234. The van der Waals surface area contributed by atoms with E-state index in [1.165, 1.54) is 0 Å². The molecule has 7 nitrogen and oxygen atoms in total. The van der Waals surface area contributed by atoms with Crippen LogP contribution in [0.3, 0.4) is 0 Å². The van der Waals surface area contributed by atoms with Crippen LogP contribution >= 0.6 is 0 Å². The molecule has 0 atom stereocenters. The molecule has 0 aliphatic carbocycles. The van der Waals surface area contributed by atoms with Gasteiger partial charge in [-0.1, -0.05) is 30.3 Å². The lowest BCUT2D eigenvalue weighted by Crippen LogP contribution is -2.20. The summed E-state index contributed by atoms with van der Waals surface area (Å²) in [4.78, 5) is 16.0. The first-order chi connectivity index (χ1) is 15.0. The SMILES string of the molecule is Cc1cccc(C)c1Nc1c(-c2ccccc2OCC(N)=O)nc2cc(C#N)ccn12. The van der Waals surface area contributed by atoms with E-state index in [1.807, 2.05) is 60.8 Å². The number of nitrogens with zero attached hydrogens (tertiary/aromatic N) is 3. The Hall–Kier alpha value is -4.31. The quantitative estimate of drug-likeness (QED) is 0.497. The van der Waals surface area contributed by atoms with Crippen molar-refractivity contribution >= 4 is 23.1 Å². The average molecular weight is 411 g/mol. The molecule has 2 aromatic heterocycles. The second kappa shape index (κ2) is 8.20. The Bertz CT molecular complexity index is 1310. The molecule has 0 aliphatic rings. The van der Waals surface area contributed by atoms with Gasteiger partial charge in [-0.05, 0) is 49.2 Å². The number of rotatable bonds is 6. The maximum absolute atomic E-state index is 11.2. The van der Waals surface area contributed by atoms with Gasteiger partial charge in [-0.2, -0.15) is 5.26 Å². The molecule has 0 bridgehead atoms. The van der Waals surface area contributed by atoms with E-state index in [0.717, 1.165) is 22.6 Å². The third-order valence-electron chi connectivity index (χ3n) is 4.99. The lowest BCUT2D eigenvalue weighted by atomic mass is 10.1. The van der Waals surface area contributed by atoms with E-state index in [4.69, 9.17) is 15.5 Å². The number of aryl methyl sites for hydroxylation is 2. The van der Waals surface area contributed by atoms with Gasteiger partial charge in [0.25, 0.3) is 5.91 Å². The van der Waals surface area contributed by atoms with Crippen LogP contribution in [-0.4, -0.2) is 21.9 Å². The van der Waals surface area contributed by atoms with Crippen molar-refractivity contribution in [3.63, 3.8) is 0 Å². The van der Waals surface area contributed by atoms with Crippen LogP contribution in [0.4, 0.5) is 11.5 Å². The number of primary amides is 1. The summed E-state index contributed by atoms with van der Waals surface area (Å²) in [7, 11) is 0. The van der Waals surface area contributed by atoms with Gasteiger partial charge in [-0.15, -0.1) is 0 Å². The third-order valence-corrected chi connectivity index (χ3v) is 4.99. The highest BCUT2D eigenvalue weighted by atomic mass is 16.5. The fraction of sp³-hybridized carbons (Fsp3) is 0.125. The number of nitriles is 1. The summed E-state index contributed by atoms with van der Waals surface area (Å²) in [6.07, 6.45) is 1.81. The summed E-state index contributed by atoms with van der Waals surface area (Å²) < 4.78 is 7.54. The highest BCUT2D eigenvalue weighted by Crippen LogP contribution is 2.37. The summed E-state index contributed by atoms with van der Waals surface area (Å²) in [5, 5.41) is 12.8. The summed E-state index contributed by atoms with van der Waals surface area (Å²) in [6.45, 7) is 3.84. The van der Waals surface area contributed by atoms with Crippen molar-refractivity contribution in [1.29, 1.82) is 5.26 Å². The van der Waals surface area contributed by atoms with Crippen molar-refractivity contribution in [3.8, 4) is 23.1 Å². The molecule has 154 valence electrons. The molecule has 0 saturated carbocycles. The maximum Gasteiger partial charge on any atom is 0.255 e. The van der Waals surface area contributed by atoms with Crippen LogP contribution in [0.15, 0.2) is 60.8 Å². The van der Waals surface area contributed by atoms with Gasteiger partial charge in [-0.3, -0.25) is 9.20 Å². The molecule has 0 fully saturated rings. The molecule has 0 radical (unpaired) electrons. The van der Waals surface area contributed by atoms with Crippen molar-refractivity contribution in [2.75, 3.05) is 11.9 Å². The largest absolute Gasteiger partial charge is 0.483 e. The van der Waals surface area contributed by atoms with Gasteiger partial charge in [-0.25, -0.2) is 4.98 Å². The van der Waals surface area contributed by atoms with Crippen molar-refractivity contribution in [3.05, 3.63) is 77.5 Å². The smallest absolute Gasteiger partial charge is 0.255 e. The molecule has 31 heavy (non-hydrogen) atoms. The number of amides is 1. The van der Waals surface area contributed by atoms with Crippen LogP contribution in [-0.2, 0) is 4.79 Å². The minimum Gasteiger partial charge on any atom is -0.483 e. The molecule has 4 aromatic rings. The lowest BCUT2D eigenvalue weighted by Gasteiger charge is -2.15. The predicted molar refractivity (Wildman–Crippen MR) is 119 cm³/mol. The Morgan fingerprint density at radius 2 is 1.90 bits per heavy atom. The zero-order valence-corrected chi connectivity index (χ0v) is 17.2.